The number of ketones is 1. The van der Waals surface area contributed by atoms with Gasteiger partial charge in [-0.3, -0.25) is 19.7 Å². The van der Waals surface area contributed by atoms with Gasteiger partial charge < -0.3 is 5.32 Å². The maximum atomic E-state index is 11.9. The van der Waals surface area contributed by atoms with Gasteiger partial charge in [0.2, 0.25) is 5.91 Å². The molecule has 0 atom stereocenters. The summed E-state index contributed by atoms with van der Waals surface area (Å²) in [6.07, 6.45) is 0.777. The maximum Gasteiger partial charge on any atom is 0.292 e. The highest BCUT2D eigenvalue weighted by Gasteiger charge is 2.15. The molecule has 0 saturated carbocycles. The van der Waals surface area contributed by atoms with Gasteiger partial charge in [-0.05, 0) is 12.5 Å². The van der Waals surface area contributed by atoms with E-state index < -0.39 is 4.92 Å². The lowest BCUT2D eigenvalue weighted by molar-refractivity contribution is -0.383. The summed E-state index contributed by atoms with van der Waals surface area (Å²) in [6.45, 7) is 0. The lowest BCUT2D eigenvalue weighted by Crippen LogP contribution is -2.13. The zero-order valence-corrected chi connectivity index (χ0v) is 12.4. The van der Waals surface area contributed by atoms with Crippen LogP contribution in [0.15, 0.2) is 54.6 Å². The maximum absolute atomic E-state index is 11.9. The Morgan fingerprint density at radius 3 is 2.30 bits per heavy atom. The highest BCUT2D eigenvalue weighted by molar-refractivity contribution is 5.97. The van der Waals surface area contributed by atoms with E-state index in [1.54, 1.807) is 30.3 Å². The topological polar surface area (TPSA) is 89.3 Å². The number of benzene rings is 2. The Labute approximate surface area is 133 Å². The van der Waals surface area contributed by atoms with Crippen LogP contribution in [0.4, 0.5) is 11.4 Å². The Kier molecular flexibility index (Phi) is 5.57. The number of Topliss-reactive ketones (excluding diaryl/α,β-unsaturated/α-hetero) is 1. The summed E-state index contributed by atoms with van der Waals surface area (Å²) < 4.78 is 0. The summed E-state index contributed by atoms with van der Waals surface area (Å²) in [4.78, 5) is 34.1. The number of hydrogen-bond acceptors (Lipinski definition) is 4. The zero-order chi connectivity index (χ0) is 16.7. The number of anilines is 1. The highest BCUT2D eigenvalue weighted by atomic mass is 16.6. The minimum absolute atomic E-state index is 0.0240. The summed E-state index contributed by atoms with van der Waals surface area (Å²) >= 11 is 0. The zero-order valence-electron chi connectivity index (χ0n) is 12.4. The minimum atomic E-state index is -0.547. The van der Waals surface area contributed by atoms with Crippen LogP contribution in [0.25, 0.3) is 0 Å². The lowest BCUT2D eigenvalue weighted by atomic mass is 10.1. The predicted octanol–water partition coefficient (Wildman–Crippen LogP) is 3.59. The van der Waals surface area contributed by atoms with Crippen molar-refractivity contribution < 1.29 is 14.5 Å². The number of nitro benzene ring substituents is 1. The molecular weight excluding hydrogens is 296 g/mol. The van der Waals surface area contributed by atoms with Crippen molar-refractivity contribution in [1.82, 2.24) is 0 Å². The largest absolute Gasteiger partial charge is 0.320 e. The number of hydrogen-bond donors (Lipinski definition) is 1. The summed E-state index contributed by atoms with van der Waals surface area (Å²) in [5, 5.41) is 13.4. The van der Waals surface area contributed by atoms with Gasteiger partial charge in [0.25, 0.3) is 5.69 Å². The first-order chi connectivity index (χ1) is 11.1. The Morgan fingerprint density at radius 2 is 1.61 bits per heavy atom. The fourth-order valence-electron chi connectivity index (χ4n) is 2.13. The number of carbonyl (C=O) groups is 2. The molecule has 2 aromatic carbocycles. The molecular formula is C17H16N2O4. The number of nitrogens with zero attached hydrogens (tertiary/aromatic N) is 1. The molecule has 2 aromatic rings. The Bertz CT molecular complexity index is 714. The number of nitro groups is 1. The number of para-hydroxylation sites is 2. The van der Waals surface area contributed by atoms with E-state index in [2.05, 4.69) is 5.32 Å². The van der Waals surface area contributed by atoms with Gasteiger partial charge >= 0.3 is 0 Å². The van der Waals surface area contributed by atoms with Gasteiger partial charge in [0.05, 0.1) is 4.92 Å². The van der Waals surface area contributed by atoms with Crippen LogP contribution >= 0.6 is 0 Å². The molecule has 6 heteroatoms. The van der Waals surface area contributed by atoms with Gasteiger partial charge in [-0.15, -0.1) is 0 Å². The predicted molar refractivity (Wildman–Crippen MR) is 86.3 cm³/mol. The molecule has 0 bridgehead atoms. The van der Waals surface area contributed by atoms with Crippen molar-refractivity contribution in [3.05, 3.63) is 70.3 Å². The molecule has 1 amide bonds. The van der Waals surface area contributed by atoms with E-state index in [0.717, 1.165) is 0 Å². The summed E-state index contributed by atoms with van der Waals surface area (Å²) in [5.74, 6) is -0.371. The molecule has 0 heterocycles. The van der Waals surface area contributed by atoms with E-state index in [1.807, 2.05) is 6.07 Å². The van der Waals surface area contributed by atoms with Gasteiger partial charge in [-0.1, -0.05) is 42.5 Å². The van der Waals surface area contributed by atoms with Crippen LogP contribution in [-0.4, -0.2) is 16.6 Å². The van der Waals surface area contributed by atoms with Crippen molar-refractivity contribution in [2.24, 2.45) is 0 Å². The average Bonchev–Trinajstić information content (AvgIpc) is 2.56. The number of nitrogens with one attached hydrogen (secondary N) is 1. The molecule has 118 valence electrons. The molecule has 2 rings (SSSR count). The van der Waals surface area contributed by atoms with Crippen molar-refractivity contribution in [1.29, 1.82) is 0 Å². The molecule has 1 N–H and O–H groups in total. The number of rotatable bonds is 7. The van der Waals surface area contributed by atoms with Gasteiger partial charge in [-0.25, -0.2) is 0 Å². The molecule has 0 fully saturated rings. The smallest absolute Gasteiger partial charge is 0.292 e. The second-order valence-electron chi connectivity index (χ2n) is 4.97. The minimum Gasteiger partial charge on any atom is -0.320 e. The Balaban J connectivity index is 1.84. The van der Waals surface area contributed by atoms with Crippen molar-refractivity contribution in [3.8, 4) is 0 Å². The fraction of sp³-hybridized carbons (Fsp3) is 0.176. The molecule has 0 spiro atoms. The van der Waals surface area contributed by atoms with E-state index in [-0.39, 0.29) is 35.9 Å². The molecule has 0 aliphatic rings. The van der Waals surface area contributed by atoms with Crippen LogP contribution in [-0.2, 0) is 4.79 Å². The van der Waals surface area contributed by atoms with Crippen LogP contribution in [0.1, 0.15) is 29.6 Å². The van der Waals surface area contributed by atoms with E-state index in [0.29, 0.717) is 12.0 Å². The van der Waals surface area contributed by atoms with Crippen LogP contribution in [0, 0.1) is 10.1 Å². The van der Waals surface area contributed by atoms with Crippen LogP contribution in [0.3, 0.4) is 0 Å². The molecule has 0 saturated heterocycles. The summed E-state index contributed by atoms with van der Waals surface area (Å²) in [5.41, 5.74) is 0.629. The van der Waals surface area contributed by atoms with Crippen molar-refractivity contribution in [2.75, 3.05) is 5.32 Å². The second kappa shape index (κ2) is 7.84. The fourth-order valence-corrected chi connectivity index (χ4v) is 2.13. The van der Waals surface area contributed by atoms with Crippen molar-refractivity contribution in [2.45, 2.75) is 19.3 Å². The SMILES string of the molecule is O=C(CCCC(=O)c1ccccc1)Nc1ccccc1[N+](=O)[O-]. The molecule has 0 unspecified atom stereocenters. The first kappa shape index (κ1) is 16.4. The van der Waals surface area contributed by atoms with E-state index in [9.17, 15) is 19.7 Å². The number of carbonyl (C=O) groups excluding carboxylic acids is 2. The van der Waals surface area contributed by atoms with Crippen molar-refractivity contribution in [3.63, 3.8) is 0 Å². The monoisotopic (exact) mass is 312 g/mol. The molecule has 0 aliphatic heterocycles. The average molecular weight is 312 g/mol. The van der Waals surface area contributed by atoms with Crippen molar-refractivity contribution >= 4 is 23.1 Å². The summed E-state index contributed by atoms with van der Waals surface area (Å²) in [7, 11) is 0. The molecule has 0 radical (unpaired) electrons. The summed E-state index contributed by atoms with van der Waals surface area (Å²) in [6, 6.07) is 14.8. The third-order valence-electron chi connectivity index (χ3n) is 3.28. The third kappa shape index (κ3) is 4.74. The van der Waals surface area contributed by atoms with Gasteiger partial charge in [0.15, 0.2) is 5.78 Å². The van der Waals surface area contributed by atoms with Gasteiger partial charge in [0, 0.05) is 24.5 Å². The van der Waals surface area contributed by atoms with Crippen LogP contribution in [0.5, 0.6) is 0 Å². The first-order valence-corrected chi connectivity index (χ1v) is 7.19. The van der Waals surface area contributed by atoms with Crippen LogP contribution < -0.4 is 5.32 Å². The molecule has 0 aliphatic carbocycles. The van der Waals surface area contributed by atoms with E-state index in [4.69, 9.17) is 0 Å². The van der Waals surface area contributed by atoms with E-state index in [1.165, 1.54) is 18.2 Å². The normalized spacial score (nSPS) is 10.1. The third-order valence-corrected chi connectivity index (χ3v) is 3.28. The molecule has 0 aromatic heterocycles. The first-order valence-electron chi connectivity index (χ1n) is 7.19. The number of amides is 1. The standard InChI is InChI=1S/C17H16N2O4/c20-16(13-7-2-1-3-8-13)11-6-12-17(21)18-14-9-4-5-10-15(14)19(22)23/h1-5,7-10H,6,11-12H2,(H,18,21). The lowest BCUT2D eigenvalue weighted by Gasteiger charge is -2.05. The highest BCUT2D eigenvalue weighted by Crippen LogP contribution is 2.23. The van der Waals surface area contributed by atoms with Gasteiger partial charge in [-0.2, -0.15) is 0 Å². The van der Waals surface area contributed by atoms with Gasteiger partial charge in [0.1, 0.15) is 5.69 Å². The van der Waals surface area contributed by atoms with E-state index >= 15 is 0 Å². The Morgan fingerprint density at radius 1 is 0.957 bits per heavy atom. The van der Waals surface area contributed by atoms with Crippen LogP contribution in [0.2, 0.25) is 0 Å². The second-order valence-corrected chi connectivity index (χ2v) is 4.97. The molecule has 23 heavy (non-hydrogen) atoms. The molecule has 6 nitrogen and oxygen atoms in total. The Hall–Kier alpha value is -3.02. The quantitative estimate of drug-likeness (QED) is 0.480.